The Morgan fingerprint density at radius 1 is 1.50 bits per heavy atom. The van der Waals surface area contributed by atoms with E-state index in [1.54, 1.807) is 0 Å². The van der Waals surface area contributed by atoms with Crippen molar-refractivity contribution in [2.24, 2.45) is 0 Å². The van der Waals surface area contributed by atoms with Crippen LogP contribution in [-0.4, -0.2) is 35.1 Å². The van der Waals surface area contributed by atoms with Gasteiger partial charge >= 0.3 is 6.09 Å². The molecule has 0 aromatic rings. The van der Waals surface area contributed by atoms with Gasteiger partial charge in [-0.15, -0.1) is 0 Å². The van der Waals surface area contributed by atoms with Crippen molar-refractivity contribution < 1.29 is 20.1 Å². The molecule has 0 bridgehead atoms. The molecule has 0 saturated heterocycles. The summed E-state index contributed by atoms with van der Waals surface area (Å²) in [5.74, 6) is 0. The highest BCUT2D eigenvalue weighted by Gasteiger charge is 2.24. The van der Waals surface area contributed by atoms with Gasteiger partial charge in [0.15, 0.2) is 0 Å². The third-order valence-corrected chi connectivity index (χ3v) is 1.10. The monoisotopic (exact) mass is 148 g/mol. The maximum absolute atomic E-state index is 9.89. The average Bonchev–Trinajstić information content (AvgIpc) is 1.87. The summed E-state index contributed by atoms with van der Waals surface area (Å²) in [5, 5.41) is 28.8. The normalized spacial score (nSPS) is 11.1. The van der Waals surface area contributed by atoms with Crippen LogP contribution < -0.4 is 5.32 Å². The summed E-state index contributed by atoms with van der Waals surface area (Å²) in [7, 11) is 0. The molecule has 0 unspecified atom stereocenters. The van der Waals surface area contributed by atoms with Gasteiger partial charge in [-0.05, 0) is 6.92 Å². The van der Waals surface area contributed by atoms with Crippen LogP contribution in [0.1, 0.15) is 6.92 Å². The van der Waals surface area contributed by atoms with Crippen LogP contribution in [0.4, 0.5) is 4.79 Å². The topological polar surface area (TPSA) is 89.5 Å². The predicted octanol–water partition coefficient (Wildman–Crippen LogP) is -1.13. The highest BCUT2D eigenvalue weighted by atomic mass is 16.4. The van der Waals surface area contributed by atoms with E-state index in [-0.39, 0.29) is 0 Å². The molecule has 1 amide bonds. The van der Waals surface area contributed by atoms with E-state index in [2.05, 4.69) is 0 Å². The molecule has 10 heavy (non-hydrogen) atoms. The minimum absolute atomic E-state index is 0.461. The molecule has 0 saturated carbocycles. The number of carbonyl (C=O) groups is 1. The number of amides is 1. The Morgan fingerprint density at radius 2 is 1.90 bits per heavy atom. The second-order valence-corrected chi connectivity index (χ2v) is 2.29. The lowest BCUT2D eigenvalue weighted by molar-refractivity contribution is 0.0902. The Labute approximate surface area is 58.3 Å². The summed E-state index contributed by atoms with van der Waals surface area (Å²) in [6.07, 6.45) is -1.51. The molecule has 0 rings (SSSR count). The van der Waals surface area contributed by atoms with Gasteiger partial charge in [-0.2, -0.15) is 0 Å². The predicted molar refractivity (Wildman–Crippen MR) is 31.8 cm³/mol. The molecular formula is C5H10NO4. The van der Waals surface area contributed by atoms with Crippen molar-refractivity contribution in [3.8, 4) is 0 Å². The first-order valence-electron chi connectivity index (χ1n) is 2.75. The van der Waals surface area contributed by atoms with E-state index in [0.29, 0.717) is 0 Å². The van der Waals surface area contributed by atoms with Gasteiger partial charge < -0.3 is 15.5 Å². The van der Waals surface area contributed by atoms with E-state index >= 15 is 0 Å². The molecule has 0 aliphatic rings. The van der Waals surface area contributed by atoms with Crippen LogP contribution in [0.2, 0.25) is 0 Å². The van der Waals surface area contributed by atoms with Gasteiger partial charge in [0, 0.05) is 0 Å². The fourth-order valence-corrected chi connectivity index (χ4v) is 0.375. The van der Waals surface area contributed by atoms with Crippen molar-refractivity contribution in [2.45, 2.75) is 12.5 Å². The first-order chi connectivity index (χ1) is 4.54. The number of hydrogen-bond donors (Lipinski definition) is 3. The highest BCUT2D eigenvalue weighted by Crippen LogP contribution is 1.99. The number of aliphatic hydroxyl groups is 2. The van der Waals surface area contributed by atoms with Gasteiger partial charge in [0.05, 0.1) is 18.8 Å². The fourth-order valence-electron chi connectivity index (χ4n) is 0.375. The average molecular weight is 148 g/mol. The lowest BCUT2D eigenvalue weighted by atomic mass is 10.1. The molecule has 0 atom stereocenters. The number of rotatable bonds is 3. The van der Waals surface area contributed by atoms with E-state index in [9.17, 15) is 9.90 Å². The quantitative estimate of drug-likeness (QED) is 0.473. The lowest BCUT2D eigenvalue weighted by Crippen LogP contribution is -2.50. The molecule has 0 spiro atoms. The van der Waals surface area contributed by atoms with Crippen LogP contribution in [0.15, 0.2) is 0 Å². The maximum atomic E-state index is 9.89. The molecular weight excluding hydrogens is 138 g/mol. The summed E-state index contributed by atoms with van der Waals surface area (Å²) < 4.78 is 0. The summed E-state index contributed by atoms with van der Waals surface area (Å²) in [6.45, 7) is 0.442. The lowest BCUT2D eigenvalue weighted by Gasteiger charge is -2.23. The Morgan fingerprint density at radius 3 is 2.00 bits per heavy atom. The van der Waals surface area contributed by atoms with Crippen molar-refractivity contribution >= 4 is 6.09 Å². The third kappa shape index (κ3) is 2.65. The second kappa shape index (κ2) is 3.38. The number of hydrogen-bond acceptors (Lipinski definition) is 3. The molecule has 0 aliphatic carbocycles. The molecule has 0 aromatic carbocycles. The van der Waals surface area contributed by atoms with E-state index in [0.717, 1.165) is 0 Å². The van der Waals surface area contributed by atoms with Crippen LogP contribution in [0.25, 0.3) is 0 Å². The molecule has 0 fully saturated rings. The third-order valence-electron chi connectivity index (χ3n) is 1.10. The first kappa shape index (κ1) is 9.19. The molecule has 0 aliphatic heterocycles. The Hall–Kier alpha value is -0.810. The van der Waals surface area contributed by atoms with Crippen LogP contribution >= 0.6 is 0 Å². The van der Waals surface area contributed by atoms with E-state index in [4.69, 9.17) is 10.2 Å². The van der Waals surface area contributed by atoms with E-state index in [1.165, 1.54) is 6.92 Å². The smallest absolute Gasteiger partial charge is 0.394 e. The Bertz CT molecular complexity index is 121. The standard InChI is InChI=1S/C5H10NO4/c1-5(2-7,3-8)6-4(9)10/h6-8H,2-3H2,1H3. The van der Waals surface area contributed by atoms with Crippen LogP contribution in [0, 0.1) is 0 Å². The fraction of sp³-hybridized carbons (Fsp3) is 0.800. The summed E-state index contributed by atoms with van der Waals surface area (Å²) >= 11 is 0. The minimum Gasteiger partial charge on any atom is -0.394 e. The van der Waals surface area contributed by atoms with Crippen molar-refractivity contribution in [2.75, 3.05) is 13.2 Å². The molecule has 3 N–H and O–H groups in total. The first-order valence-corrected chi connectivity index (χ1v) is 2.75. The van der Waals surface area contributed by atoms with Gasteiger partial charge in [-0.1, -0.05) is 0 Å². The summed E-state index contributed by atoms with van der Waals surface area (Å²) in [5.41, 5.74) is -1.20. The molecule has 5 nitrogen and oxygen atoms in total. The maximum Gasteiger partial charge on any atom is 0.451 e. The van der Waals surface area contributed by atoms with Crippen LogP contribution in [0.5, 0.6) is 0 Å². The summed E-state index contributed by atoms with van der Waals surface area (Å²) in [4.78, 5) is 9.89. The van der Waals surface area contributed by atoms with Gasteiger partial charge in [-0.25, -0.2) is 9.90 Å². The van der Waals surface area contributed by atoms with Gasteiger partial charge in [-0.3, -0.25) is 0 Å². The number of aliphatic hydroxyl groups excluding tert-OH is 2. The van der Waals surface area contributed by atoms with Crippen LogP contribution in [0.3, 0.4) is 0 Å². The molecule has 0 heterocycles. The minimum atomic E-state index is -1.51. The SMILES string of the molecule is CC(CO)(CO)NC([O])=O. The van der Waals surface area contributed by atoms with Gasteiger partial charge in [0.1, 0.15) is 0 Å². The molecule has 0 aromatic heterocycles. The largest absolute Gasteiger partial charge is 0.451 e. The Kier molecular flexibility index (Phi) is 3.11. The van der Waals surface area contributed by atoms with E-state index in [1.807, 2.05) is 5.32 Å². The zero-order valence-corrected chi connectivity index (χ0v) is 5.63. The molecule has 59 valence electrons. The highest BCUT2D eigenvalue weighted by molar-refractivity contribution is 5.65. The number of carbonyl (C=O) groups excluding carboxylic acids is 1. The van der Waals surface area contributed by atoms with Gasteiger partial charge in [0.2, 0.25) is 0 Å². The summed E-state index contributed by atoms with van der Waals surface area (Å²) in [6, 6.07) is 0. The van der Waals surface area contributed by atoms with Crippen molar-refractivity contribution in [3.63, 3.8) is 0 Å². The Balaban J connectivity index is 3.92. The zero-order chi connectivity index (χ0) is 8.20. The molecule has 1 radical (unpaired) electrons. The van der Waals surface area contributed by atoms with Crippen molar-refractivity contribution in [1.82, 2.24) is 5.32 Å². The second-order valence-electron chi connectivity index (χ2n) is 2.29. The van der Waals surface area contributed by atoms with Crippen molar-refractivity contribution in [3.05, 3.63) is 0 Å². The van der Waals surface area contributed by atoms with Crippen LogP contribution in [-0.2, 0) is 5.11 Å². The van der Waals surface area contributed by atoms with E-state index < -0.39 is 24.8 Å². The zero-order valence-electron chi connectivity index (χ0n) is 5.63. The van der Waals surface area contributed by atoms with Gasteiger partial charge in [0.25, 0.3) is 0 Å². The molecule has 5 heteroatoms. The number of nitrogens with one attached hydrogen (secondary N) is 1. The van der Waals surface area contributed by atoms with Crippen molar-refractivity contribution in [1.29, 1.82) is 0 Å².